The van der Waals surface area contributed by atoms with Gasteiger partial charge in [0, 0.05) is 6.54 Å². The number of aliphatic hydroxyl groups is 2. The first-order chi connectivity index (χ1) is 10.7. The van der Waals surface area contributed by atoms with E-state index in [1.54, 1.807) is 6.92 Å². The largest absolute Gasteiger partial charge is 0.403 e. The van der Waals surface area contributed by atoms with Crippen molar-refractivity contribution in [2.24, 2.45) is 5.73 Å². The molecule has 1 saturated heterocycles. The van der Waals surface area contributed by atoms with Crippen LogP contribution in [0.1, 0.15) is 23.8 Å². The van der Waals surface area contributed by atoms with Crippen LogP contribution in [0, 0.1) is 0 Å². The Balaban J connectivity index is 2.03. The van der Waals surface area contributed by atoms with E-state index >= 15 is 0 Å². The zero-order valence-corrected chi connectivity index (χ0v) is 13.0. The molecule has 12 nitrogen and oxygen atoms in total. The molecule has 0 saturated carbocycles. The molecule has 0 radical (unpaired) electrons. The molecule has 2 rings (SSSR count). The van der Waals surface area contributed by atoms with Crippen molar-refractivity contribution in [3.05, 3.63) is 12.2 Å². The normalized spacial score (nSPS) is 30.3. The van der Waals surface area contributed by atoms with E-state index in [0.717, 1.165) is 11.0 Å². The molecular weight excluding hydrogens is 333 g/mol. The third-order valence-corrected chi connectivity index (χ3v) is 4.31. The van der Waals surface area contributed by atoms with Gasteiger partial charge in [0.1, 0.15) is 24.6 Å². The lowest BCUT2D eigenvalue weighted by Gasteiger charge is -2.17. The van der Waals surface area contributed by atoms with Crippen molar-refractivity contribution in [3.8, 4) is 0 Å². The van der Waals surface area contributed by atoms with Crippen LogP contribution in [0.5, 0.6) is 0 Å². The van der Waals surface area contributed by atoms with Crippen molar-refractivity contribution in [3.63, 3.8) is 0 Å². The van der Waals surface area contributed by atoms with Gasteiger partial charge in [0.2, 0.25) is 5.82 Å². The standard InChI is InChI=1S/C10H18N5O7P/c1-2-21-23(19,20)13-3-5-6(16)7(17)10(22-5)15-4-12-9(14-15)8(11)18/h4-7,10,16-17H,2-3H2,1H3,(H2,11,18)(H2,13,19,20)/t5?,6-,7-,10-/m1/s1. The van der Waals surface area contributed by atoms with Crippen LogP contribution in [0.25, 0.3) is 0 Å². The van der Waals surface area contributed by atoms with E-state index in [2.05, 4.69) is 19.7 Å². The SMILES string of the molecule is CCOP(=O)(O)NCC1O[C@@H](n2cnc(C(N)=O)n2)[C@H](O)[C@@H]1O. The van der Waals surface area contributed by atoms with E-state index in [1.165, 1.54) is 0 Å². The Morgan fingerprint density at radius 2 is 2.26 bits per heavy atom. The number of nitrogens with one attached hydrogen (secondary N) is 1. The van der Waals surface area contributed by atoms with Crippen LogP contribution in [0.15, 0.2) is 6.33 Å². The Hall–Kier alpha value is -1.40. The van der Waals surface area contributed by atoms with Crippen molar-refractivity contribution in [2.45, 2.75) is 31.5 Å². The Labute approximate surface area is 130 Å². The molecule has 1 aliphatic heterocycles. The number of carbonyl (C=O) groups excluding carboxylic acids is 1. The van der Waals surface area contributed by atoms with Gasteiger partial charge in [-0.2, -0.15) is 0 Å². The molecule has 0 spiro atoms. The summed E-state index contributed by atoms with van der Waals surface area (Å²) in [5, 5.41) is 25.9. The molecular formula is C10H18N5O7P. The highest BCUT2D eigenvalue weighted by molar-refractivity contribution is 7.50. The van der Waals surface area contributed by atoms with E-state index in [1.807, 2.05) is 0 Å². The first-order valence-corrected chi connectivity index (χ1v) is 8.28. The first kappa shape index (κ1) is 17.9. The second kappa shape index (κ2) is 7.01. The van der Waals surface area contributed by atoms with E-state index in [-0.39, 0.29) is 19.0 Å². The molecule has 0 aliphatic carbocycles. The number of primary amides is 1. The lowest BCUT2D eigenvalue weighted by Crippen LogP contribution is -2.37. The predicted octanol–water partition coefficient (Wildman–Crippen LogP) is -2.28. The summed E-state index contributed by atoms with van der Waals surface area (Å²) in [5.41, 5.74) is 5.03. The average Bonchev–Trinajstić information content (AvgIpc) is 3.04. The fourth-order valence-electron chi connectivity index (χ4n) is 2.05. The van der Waals surface area contributed by atoms with Crippen LogP contribution < -0.4 is 10.8 Å². The number of aliphatic hydroxyl groups excluding tert-OH is 2. The Morgan fingerprint density at radius 3 is 2.83 bits per heavy atom. The fraction of sp³-hybridized carbons (Fsp3) is 0.700. The van der Waals surface area contributed by atoms with Gasteiger partial charge >= 0.3 is 7.75 Å². The second-order valence-electron chi connectivity index (χ2n) is 4.76. The minimum atomic E-state index is -4.01. The number of carbonyl (C=O) groups is 1. The lowest BCUT2D eigenvalue weighted by atomic mass is 10.1. The number of nitrogens with two attached hydrogens (primary N) is 1. The molecule has 1 amide bonds. The van der Waals surface area contributed by atoms with Gasteiger partial charge in [0.25, 0.3) is 5.91 Å². The molecule has 2 unspecified atom stereocenters. The molecule has 1 aromatic heterocycles. The van der Waals surface area contributed by atoms with Gasteiger partial charge in [0.05, 0.1) is 6.61 Å². The fourth-order valence-corrected chi connectivity index (χ4v) is 2.90. The Morgan fingerprint density at radius 1 is 1.57 bits per heavy atom. The van der Waals surface area contributed by atoms with Gasteiger partial charge in [-0.3, -0.25) is 9.32 Å². The van der Waals surface area contributed by atoms with Gasteiger partial charge in [-0.15, -0.1) is 5.10 Å². The predicted molar refractivity (Wildman–Crippen MR) is 73.9 cm³/mol. The zero-order valence-electron chi connectivity index (χ0n) is 12.1. The first-order valence-electron chi connectivity index (χ1n) is 6.70. The molecule has 13 heteroatoms. The summed E-state index contributed by atoms with van der Waals surface area (Å²) < 4.78 is 22.6. The van der Waals surface area contributed by atoms with Crippen LogP contribution in [0.2, 0.25) is 0 Å². The van der Waals surface area contributed by atoms with Gasteiger partial charge in [-0.05, 0) is 6.92 Å². The van der Waals surface area contributed by atoms with Crippen molar-refractivity contribution in [2.75, 3.05) is 13.2 Å². The van der Waals surface area contributed by atoms with E-state index in [4.69, 9.17) is 10.5 Å². The molecule has 6 N–H and O–H groups in total. The van der Waals surface area contributed by atoms with Gasteiger partial charge < -0.3 is 25.6 Å². The summed E-state index contributed by atoms with van der Waals surface area (Å²) in [4.78, 5) is 24.0. The van der Waals surface area contributed by atoms with Gasteiger partial charge in [-0.1, -0.05) is 0 Å². The summed E-state index contributed by atoms with van der Waals surface area (Å²) in [5.74, 6) is -1.12. The summed E-state index contributed by atoms with van der Waals surface area (Å²) in [7, 11) is -4.01. The van der Waals surface area contributed by atoms with Crippen molar-refractivity contribution < 1.29 is 33.7 Å². The summed E-state index contributed by atoms with van der Waals surface area (Å²) in [6.45, 7) is 1.32. The van der Waals surface area contributed by atoms with Crippen LogP contribution in [0.3, 0.4) is 0 Å². The minimum Gasteiger partial charge on any atom is -0.387 e. The van der Waals surface area contributed by atoms with E-state index in [0.29, 0.717) is 0 Å². The molecule has 5 atom stereocenters. The average molecular weight is 351 g/mol. The summed E-state index contributed by atoms with van der Waals surface area (Å²) >= 11 is 0. The molecule has 1 aliphatic rings. The number of aromatic nitrogens is 3. The van der Waals surface area contributed by atoms with Crippen molar-refractivity contribution in [1.82, 2.24) is 19.9 Å². The monoisotopic (exact) mass is 351 g/mol. The maximum atomic E-state index is 11.5. The van der Waals surface area contributed by atoms with Crippen LogP contribution in [-0.4, -0.2) is 67.2 Å². The maximum Gasteiger partial charge on any atom is 0.403 e. The Kier molecular flexibility index (Phi) is 5.47. The number of hydrogen-bond acceptors (Lipinski definition) is 8. The topological polar surface area (TPSA) is 182 Å². The van der Waals surface area contributed by atoms with Crippen LogP contribution >= 0.6 is 7.75 Å². The number of nitrogens with zero attached hydrogens (tertiary/aromatic N) is 3. The highest BCUT2D eigenvalue weighted by Crippen LogP contribution is 2.37. The molecule has 0 bridgehead atoms. The summed E-state index contributed by atoms with van der Waals surface area (Å²) in [6, 6.07) is 0. The minimum absolute atomic E-state index is 0.0228. The quantitative estimate of drug-likeness (QED) is 0.336. The zero-order chi connectivity index (χ0) is 17.2. The lowest BCUT2D eigenvalue weighted by molar-refractivity contribution is -0.0431. The number of hydrogen-bond donors (Lipinski definition) is 5. The van der Waals surface area contributed by atoms with Gasteiger partial charge in [0.15, 0.2) is 6.23 Å². The molecule has 130 valence electrons. The van der Waals surface area contributed by atoms with E-state index < -0.39 is 38.2 Å². The molecule has 1 fully saturated rings. The molecule has 0 aromatic carbocycles. The second-order valence-corrected chi connectivity index (χ2v) is 6.37. The highest BCUT2D eigenvalue weighted by atomic mass is 31.2. The van der Waals surface area contributed by atoms with Crippen molar-refractivity contribution >= 4 is 13.7 Å². The molecule has 1 aromatic rings. The smallest absolute Gasteiger partial charge is 0.387 e. The highest BCUT2D eigenvalue weighted by Gasteiger charge is 2.44. The number of amides is 1. The Bertz CT molecular complexity index is 610. The molecule has 2 heterocycles. The van der Waals surface area contributed by atoms with E-state index in [9.17, 15) is 24.5 Å². The summed E-state index contributed by atoms with van der Waals surface area (Å²) in [6.07, 6.45) is -3.74. The van der Waals surface area contributed by atoms with Gasteiger partial charge in [-0.25, -0.2) is 19.3 Å². The van der Waals surface area contributed by atoms with Crippen molar-refractivity contribution in [1.29, 1.82) is 0 Å². The number of ether oxygens (including phenoxy) is 1. The maximum absolute atomic E-state index is 11.5. The van der Waals surface area contributed by atoms with Crippen LogP contribution in [0.4, 0.5) is 0 Å². The third kappa shape index (κ3) is 4.12. The molecule has 23 heavy (non-hydrogen) atoms. The number of rotatable bonds is 7. The van der Waals surface area contributed by atoms with Crippen LogP contribution in [-0.2, 0) is 13.8 Å². The third-order valence-electron chi connectivity index (χ3n) is 3.12.